The number of amides is 1. The van der Waals surface area contributed by atoms with Gasteiger partial charge in [-0.25, -0.2) is 4.68 Å². The molecule has 1 N–H and O–H groups in total. The summed E-state index contributed by atoms with van der Waals surface area (Å²) < 4.78 is 1.82. The topological polar surface area (TPSA) is 59.8 Å². The number of rotatable bonds is 7. The summed E-state index contributed by atoms with van der Waals surface area (Å²) in [7, 11) is 0. The van der Waals surface area contributed by atoms with Gasteiger partial charge in [0.05, 0.1) is 29.2 Å². The monoisotopic (exact) mass is 382 g/mol. The summed E-state index contributed by atoms with van der Waals surface area (Å²) in [5, 5.41) is 8.27. The Morgan fingerprint density at radius 1 is 1.15 bits per heavy atom. The van der Waals surface area contributed by atoms with Gasteiger partial charge in [-0.3, -0.25) is 9.78 Å². The molecule has 3 aromatic rings. The summed E-state index contributed by atoms with van der Waals surface area (Å²) in [5.74, 6) is -0.109. The standard InChI is InChI=1S/C21H23ClN4O/c1-3-5-20-18(14-24-26(20)17-8-6-16(22)7-9-17)21(27)25-19(4-2)15-10-12-23-13-11-15/h6-14,19H,3-5H2,1-2H3,(H,25,27). The van der Waals surface area contributed by atoms with Crippen LogP contribution < -0.4 is 5.32 Å². The van der Waals surface area contributed by atoms with E-state index in [0.29, 0.717) is 10.6 Å². The van der Waals surface area contributed by atoms with E-state index in [1.165, 1.54) is 0 Å². The van der Waals surface area contributed by atoms with Gasteiger partial charge in [0.1, 0.15) is 0 Å². The fourth-order valence-electron chi connectivity index (χ4n) is 3.10. The summed E-state index contributed by atoms with van der Waals surface area (Å²) in [6.45, 7) is 4.14. The summed E-state index contributed by atoms with van der Waals surface area (Å²) in [6.07, 6.45) is 7.60. The first-order valence-electron chi connectivity index (χ1n) is 9.17. The van der Waals surface area contributed by atoms with Crippen molar-refractivity contribution in [1.82, 2.24) is 20.1 Å². The average molecular weight is 383 g/mol. The Balaban J connectivity index is 1.89. The van der Waals surface area contributed by atoms with Crippen molar-refractivity contribution in [1.29, 1.82) is 0 Å². The second-order valence-corrected chi connectivity index (χ2v) is 6.79. The van der Waals surface area contributed by atoms with Crippen molar-refractivity contribution < 1.29 is 4.79 Å². The van der Waals surface area contributed by atoms with Crippen molar-refractivity contribution in [3.8, 4) is 5.69 Å². The van der Waals surface area contributed by atoms with E-state index in [4.69, 9.17) is 11.6 Å². The highest BCUT2D eigenvalue weighted by Gasteiger charge is 2.20. The summed E-state index contributed by atoms with van der Waals surface area (Å²) in [6, 6.07) is 11.3. The first-order valence-corrected chi connectivity index (χ1v) is 9.55. The molecule has 0 saturated heterocycles. The number of halogens is 1. The van der Waals surface area contributed by atoms with Crippen molar-refractivity contribution in [3.63, 3.8) is 0 Å². The van der Waals surface area contributed by atoms with Crippen LogP contribution in [0.3, 0.4) is 0 Å². The smallest absolute Gasteiger partial charge is 0.255 e. The lowest BCUT2D eigenvalue weighted by Crippen LogP contribution is -2.28. The van der Waals surface area contributed by atoms with E-state index in [0.717, 1.165) is 36.2 Å². The van der Waals surface area contributed by atoms with Crippen molar-refractivity contribution in [2.45, 2.75) is 39.2 Å². The Morgan fingerprint density at radius 2 is 1.85 bits per heavy atom. The molecule has 0 aliphatic heterocycles. The van der Waals surface area contributed by atoms with Gasteiger partial charge in [-0.05, 0) is 54.8 Å². The van der Waals surface area contributed by atoms with Crippen molar-refractivity contribution in [3.05, 3.63) is 76.8 Å². The predicted molar refractivity (Wildman–Crippen MR) is 107 cm³/mol. The van der Waals surface area contributed by atoms with Gasteiger partial charge in [0.15, 0.2) is 0 Å². The Kier molecular flexibility index (Phi) is 6.24. The van der Waals surface area contributed by atoms with Crippen LogP contribution in [0.15, 0.2) is 55.0 Å². The number of aromatic nitrogens is 3. The highest BCUT2D eigenvalue weighted by atomic mass is 35.5. The van der Waals surface area contributed by atoms with Crippen molar-refractivity contribution >= 4 is 17.5 Å². The lowest BCUT2D eigenvalue weighted by atomic mass is 10.0. The second-order valence-electron chi connectivity index (χ2n) is 6.36. The number of benzene rings is 1. The molecule has 2 aromatic heterocycles. The number of hydrogen-bond acceptors (Lipinski definition) is 3. The first-order chi connectivity index (χ1) is 13.1. The van der Waals surface area contributed by atoms with Crippen LogP contribution in [0.25, 0.3) is 5.69 Å². The maximum atomic E-state index is 13.0. The van der Waals surface area contributed by atoms with Crippen LogP contribution in [0.1, 0.15) is 54.3 Å². The molecular formula is C21H23ClN4O. The van der Waals surface area contributed by atoms with Gasteiger partial charge in [-0.1, -0.05) is 31.9 Å². The van der Waals surface area contributed by atoms with Gasteiger partial charge in [-0.2, -0.15) is 5.10 Å². The highest BCUT2D eigenvalue weighted by Crippen LogP contribution is 2.21. The van der Waals surface area contributed by atoms with Crippen molar-refractivity contribution in [2.75, 3.05) is 0 Å². The molecule has 1 amide bonds. The number of pyridine rings is 1. The molecule has 0 spiro atoms. The SMILES string of the molecule is CCCc1c(C(=O)NC(CC)c2ccncc2)cnn1-c1ccc(Cl)cc1. The zero-order chi connectivity index (χ0) is 19.2. The third kappa shape index (κ3) is 4.37. The van der Waals surface area contributed by atoms with Crippen LogP contribution in [0.5, 0.6) is 0 Å². The summed E-state index contributed by atoms with van der Waals surface area (Å²) in [4.78, 5) is 17.0. The largest absolute Gasteiger partial charge is 0.345 e. The molecule has 0 saturated carbocycles. The lowest BCUT2D eigenvalue weighted by molar-refractivity contribution is 0.0934. The van der Waals surface area contributed by atoms with E-state index in [1.807, 2.05) is 41.1 Å². The molecule has 1 atom stereocenters. The highest BCUT2D eigenvalue weighted by molar-refractivity contribution is 6.30. The second kappa shape index (κ2) is 8.82. The van der Waals surface area contributed by atoms with Crippen LogP contribution in [-0.2, 0) is 6.42 Å². The predicted octanol–water partition coefficient (Wildman–Crippen LogP) is 4.75. The normalized spacial score (nSPS) is 12.0. The number of nitrogens with one attached hydrogen (secondary N) is 1. The van der Waals surface area contributed by atoms with Gasteiger partial charge >= 0.3 is 0 Å². The molecule has 140 valence electrons. The Labute approximate surface area is 164 Å². The molecule has 6 heteroatoms. The molecular weight excluding hydrogens is 360 g/mol. The van der Waals surface area contributed by atoms with Crippen molar-refractivity contribution in [2.24, 2.45) is 0 Å². The number of carbonyl (C=O) groups is 1. The average Bonchev–Trinajstić information content (AvgIpc) is 3.11. The van der Waals surface area contributed by atoms with E-state index in [-0.39, 0.29) is 11.9 Å². The maximum absolute atomic E-state index is 13.0. The molecule has 1 aromatic carbocycles. The molecule has 1 unspecified atom stereocenters. The third-order valence-electron chi connectivity index (χ3n) is 4.49. The molecule has 0 bridgehead atoms. The maximum Gasteiger partial charge on any atom is 0.255 e. The van der Waals surface area contributed by atoms with E-state index in [9.17, 15) is 4.79 Å². The Morgan fingerprint density at radius 3 is 2.48 bits per heavy atom. The Hall–Kier alpha value is -2.66. The zero-order valence-electron chi connectivity index (χ0n) is 15.5. The summed E-state index contributed by atoms with van der Waals surface area (Å²) >= 11 is 5.99. The minimum atomic E-state index is -0.109. The van der Waals surface area contributed by atoms with E-state index in [1.54, 1.807) is 18.6 Å². The molecule has 0 radical (unpaired) electrons. The van der Waals surface area contributed by atoms with Gasteiger partial charge in [0.25, 0.3) is 5.91 Å². The number of hydrogen-bond donors (Lipinski definition) is 1. The fourth-order valence-corrected chi connectivity index (χ4v) is 3.22. The third-order valence-corrected chi connectivity index (χ3v) is 4.75. The van der Waals surface area contributed by atoms with Gasteiger partial charge < -0.3 is 5.32 Å². The fraction of sp³-hybridized carbons (Fsp3) is 0.286. The minimum absolute atomic E-state index is 0.0612. The van der Waals surface area contributed by atoms with Gasteiger partial charge in [0.2, 0.25) is 0 Å². The van der Waals surface area contributed by atoms with Crippen LogP contribution in [0.4, 0.5) is 0 Å². The van der Waals surface area contributed by atoms with Crippen LogP contribution >= 0.6 is 11.6 Å². The van der Waals surface area contributed by atoms with Gasteiger partial charge in [0, 0.05) is 17.4 Å². The van der Waals surface area contributed by atoms with Crippen LogP contribution in [0.2, 0.25) is 5.02 Å². The van der Waals surface area contributed by atoms with Crippen LogP contribution in [0, 0.1) is 0 Å². The van der Waals surface area contributed by atoms with E-state index >= 15 is 0 Å². The van der Waals surface area contributed by atoms with E-state index in [2.05, 4.69) is 29.2 Å². The minimum Gasteiger partial charge on any atom is -0.345 e. The number of nitrogens with zero attached hydrogens (tertiary/aromatic N) is 3. The molecule has 0 aliphatic carbocycles. The number of carbonyl (C=O) groups excluding carboxylic acids is 1. The van der Waals surface area contributed by atoms with E-state index < -0.39 is 0 Å². The van der Waals surface area contributed by atoms with Crippen LogP contribution in [-0.4, -0.2) is 20.7 Å². The molecule has 2 heterocycles. The molecule has 3 rings (SSSR count). The Bertz CT molecular complexity index is 890. The molecule has 0 aliphatic rings. The first kappa shape index (κ1) is 19.1. The lowest BCUT2D eigenvalue weighted by Gasteiger charge is -2.17. The molecule has 5 nitrogen and oxygen atoms in total. The molecule has 0 fully saturated rings. The molecule has 27 heavy (non-hydrogen) atoms. The van der Waals surface area contributed by atoms with Gasteiger partial charge in [-0.15, -0.1) is 0 Å². The summed E-state index contributed by atoms with van der Waals surface area (Å²) in [5.41, 5.74) is 3.45. The zero-order valence-corrected chi connectivity index (χ0v) is 16.3. The quantitative estimate of drug-likeness (QED) is 0.641.